The number of anilines is 1. The minimum atomic E-state index is -0.508. The lowest BCUT2D eigenvalue weighted by molar-refractivity contribution is 0.0636. The highest BCUT2D eigenvalue weighted by Crippen LogP contribution is 2.27. The number of hydrogen-bond donors (Lipinski definition) is 3. The summed E-state index contributed by atoms with van der Waals surface area (Å²) in [5.74, 6) is 0. The first-order valence-electron chi connectivity index (χ1n) is 10.5. The standard InChI is InChI=1S/C22H36N4O2/c1-21(2,3)28-20(27)25-17-11-9-16(10-12-17)13-22(23)14-24-18-7-5-6-8-19(18)26(4)15-22/h9-12,18-19,24H,5-8,13-15,23H2,1-4H3,(H,25,27)/t18-,19-,22?/m1/s1. The molecule has 3 rings (SSSR count). The zero-order chi connectivity index (χ0) is 20.4. The molecule has 1 aliphatic heterocycles. The van der Waals surface area contributed by atoms with E-state index in [2.05, 4.69) is 22.6 Å². The number of fused-ring (bicyclic) bond motifs is 1. The van der Waals surface area contributed by atoms with Crippen LogP contribution < -0.4 is 16.4 Å². The maximum atomic E-state index is 11.9. The Morgan fingerprint density at radius 2 is 1.96 bits per heavy atom. The van der Waals surface area contributed by atoms with Crippen LogP contribution in [0.2, 0.25) is 0 Å². The Kier molecular flexibility index (Phi) is 6.32. The molecule has 3 atom stereocenters. The van der Waals surface area contributed by atoms with Gasteiger partial charge in [-0.25, -0.2) is 4.79 Å². The molecule has 28 heavy (non-hydrogen) atoms. The van der Waals surface area contributed by atoms with Crippen molar-refractivity contribution in [2.24, 2.45) is 5.73 Å². The normalized spacial score (nSPS) is 28.9. The molecule has 1 amide bonds. The number of carbonyl (C=O) groups is 1. The molecule has 156 valence electrons. The highest BCUT2D eigenvalue weighted by Gasteiger charge is 2.38. The first-order chi connectivity index (χ1) is 13.1. The molecule has 4 N–H and O–H groups in total. The highest BCUT2D eigenvalue weighted by molar-refractivity contribution is 5.84. The van der Waals surface area contributed by atoms with Gasteiger partial charge in [-0.1, -0.05) is 25.0 Å². The molecule has 6 nitrogen and oxygen atoms in total. The Hall–Kier alpha value is -1.63. The lowest BCUT2D eigenvalue weighted by Crippen LogP contribution is -2.55. The predicted molar refractivity (Wildman–Crippen MR) is 114 cm³/mol. The fourth-order valence-corrected chi connectivity index (χ4v) is 4.53. The zero-order valence-electron chi connectivity index (χ0n) is 17.8. The number of benzene rings is 1. The first kappa shape index (κ1) is 21.1. The minimum absolute atomic E-state index is 0.299. The van der Waals surface area contributed by atoms with Gasteiger partial charge >= 0.3 is 6.09 Å². The Balaban J connectivity index is 1.60. The maximum absolute atomic E-state index is 11.9. The molecule has 0 aromatic heterocycles. The van der Waals surface area contributed by atoms with Gasteiger partial charge in [0.1, 0.15) is 5.60 Å². The van der Waals surface area contributed by atoms with E-state index in [1.807, 2.05) is 45.0 Å². The van der Waals surface area contributed by atoms with E-state index in [-0.39, 0.29) is 5.54 Å². The number of nitrogens with zero attached hydrogens (tertiary/aromatic N) is 1. The second-order valence-corrected chi connectivity index (χ2v) is 9.62. The molecule has 1 saturated heterocycles. The van der Waals surface area contributed by atoms with Gasteiger partial charge in [0.05, 0.1) is 0 Å². The van der Waals surface area contributed by atoms with E-state index in [4.69, 9.17) is 10.5 Å². The third kappa shape index (κ3) is 5.69. The van der Waals surface area contributed by atoms with Crippen molar-refractivity contribution in [2.75, 3.05) is 25.5 Å². The number of likely N-dealkylation sites (N-methyl/N-ethyl adjacent to an activating group) is 1. The first-order valence-corrected chi connectivity index (χ1v) is 10.5. The van der Waals surface area contributed by atoms with Crippen LogP contribution >= 0.6 is 0 Å². The van der Waals surface area contributed by atoms with Gasteiger partial charge in [0.2, 0.25) is 0 Å². The molecule has 1 heterocycles. The monoisotopic (exact) mass is 388 g/mol. The minimum Gasteiger partial charge on any atom is -0.444 e. The van der Waals surface area contributed by atoms with Crippen molar-refractivity contribution in [1.82, 2.24) is 10.2 Å². The third-order valence-electron chi connectivity index (χ3n) is 5.73. The number of nitrogens with two attached hydrogens (primary N) is 1. The number of ether oxygens (including phenoxy) is 1. The van der Waals surface area contributed by atoms with E-state index < -0.39 is 11.7 Å². The highest BCUT2D eigenvalue weighted by atomic mass is 16.6. The Morgan fingerprint density at radius 3 is 2.64 bits per heavy atom. The van der Waals surface area contributed by atoms with E-state index in [9.17, 15) is 4.79 Å². The molecule has 0 radical (unpaired) electrons. The fraction of sp³-hybridized carbons (Fsp3) is 0.682. The molecule has 1 unspecified atom stereocenters. The van der Waals surface area contributed by atoms with Crippen molar-refractivity contribution < 1.29 is 9.53 Å². The molecule has 2 fully saturated rings. The number of rotatable bonds is 3. The van der Waals surface area contributed by atoms with E-state index in [0.29, 0.717) is 12.1 Å². The van der Waals surface area contributed by atoms with Gasteiger partial charge in [-0.3, -0.25) is 10.2 Å². The van der Waals surface area contributed by atoms with Crippen LogP contribution in [0.5, 0.6) is 0 Å². The molecule has 1 aromatic carbocycles. The number of carbonyl (C=O) groups excluding carboxylic acids is 1. The van der Waals surface area contributed by atoms with Crippen LogP contribution in [0.3, 0.4) is 0 Å². The number of hydrogen-bond acceptors (Lipinski definition) is 5. The van der Waals surface area contributed by atoms with E-state index >= 15 is 0 Å². The fourth-order valence-electron chi connectivity index (χ4n) is 4.53. The van der Waals surface area contributed by atoms with Gasteiger partial charge in [-0.15, -0.1) is 0 Å². The molecular weight excluding hydrogens is 352 g/mol. The van der Waals surface area contributed by atoms with Crippen LogP contribution in [0.1, 0.15) is 52.0 Å². The molecule has 1 aliphatic carbocycles. The molecule has 6 heteroatoms. The molecule has 2 aliphatic rings. The van der Waals surface area contributed by atoms with Crippen molar-refractivity contribution >= 4 is 11.8 Å². The summed E-state index contributed by atoms with van der Waals surface area (Å²) in [6.07, 6.45) is 5.50. The number of nitrogens with one attached hydrogen (secondary N) is 2. The zero-order valence-corrected chi connectivity index (χ0v) is 17.8. The second kappa shape index (κ2) is 8.39. The summed E-state index contributed by atoms with van der Waals surface area (Å²) >= 11 is 0. The predicted octanol–water partition coefficient (Wildman–Crippen LogP) is 3.12. The summed E-state index contributed by atoms with van der Waals surface area (Å²) in [6, 6.07) is 9.06. The lowest BCUT2D eigenvalue weighted by Gasteiger charge is -2.37. The van der Waals surface area contributed by atoms with Gasteiger partial charge in [0.25, 0.3) is 0 Å². The molecular formula is C22H36N4O2. The summed E-state index contributed by atoms with van der Waals surface area (Å²) in [5, 5.41) is 6.52. The largest absolute Gasteiger partial charge is 0.444 e. The molecule has 1 aromatic rings. The number of amides is 1. The average molecular weight is 389 g/mol. The quantitative estimate of drug-likeness (QED) is 0.741. The average Bonchev–Trinajstić information content (AvgIpc) is 2.72. The lowest BCUT2D eigenvalue weighted by atomic mass is 9.89. The SMILES string of the molecule is CN1CC(N)(Cc2ccc(NC(=O)OC(C)(C)C)cc2)CN[C@@H]2CCCC[C@H]21. The Labute approximate surface area is 169 Å². The Bertz CT molecular complexity index is 670. The van der Waals surface area contributed by atoms with Crippen LogP contribution in [0.25, 0.3) is 0 Å². The smallest absolute Gasteiger partial charge is 0.412 e. The van der Waals surface area contributed by atoms with E-state index in [0.717, 1.165) is 25.2 Å². The molecule has 0 bridgehead atoms. The summed E-state index contributed by atoms with van der Waals surface area (Å²) in [7, 11) is 2.21. The van der Waals surface area contributed by atoms with Crippen LogP contribution in [-0.4, -0.2) is 54.4 Å². The van der Waals surface area contributed by atoms with Crippen molar-refractivity contribution in [1.29, 1.82) is 0 Å². The van der Waals surface area contributed by atoms with Crippen molar-refractivity contribution in [3.05, 3.63) is 29.8 Å². The van der Waals surface area contributed by atoms with Gasteiger partial charge in [0.15, 0.2) is 0 Å². The summed E-state index contributed by atoms with van der Waals surface area (Å²) in [5.41, 5.74) is 7.93. The van der Waals surface area contributed by atoms with Crippen molar-refractivity contribution in [3.8, 4) is 0 Å². The van der Waals surface area contributed by atoms with Gasteiger partial charge < -0.3 is 15.8 Å². The summed E-state index contributed by atoms with van der Waals surface area (Å²) < 4.78 is 5.30. The third-order valence-corrected chi connectivity index (χ3v) is 5.73. The van der Waals surface area contributed by atoms with Gasteiger partial charge in [0, 0.05) is 36.4 Å². The van der Waals surface area contributed by atoms with Gasteiger partial charge in [-0.2, -0.15) is 0 Å². The van der Waals surface area contributed by atoms with Gasteiger partial charge in [-0.05, 0) is 64.8 Å². The summed E-state index contributed by atoms with van der Waals surface area (Å²) in [4.78, 5) is 14.4. The van der Waals surface area contributed by atoms with Crippen LogP contribution in [0.15, 0.2) is 24.3 Å². The second-order valence-electron chi connectivity index (χ2n) is 9.62. The van der Waals surface area contributed by atoms with Crippen LogP contribution in [0, 0.1) is 0 Å². The van der Waals surface area contributed by atoms with Crippen molar-refractivity contribution in [2.45, 2.75) is 76.1 Å². The topological polar surface area (TPSA) is 79.6 Å². The Morgan fingerprint density at radius 1 is 1.29 bits per heavy atom. The van der Waals surface area contributed by atoms with Crippen LogP contribution in [-0.2, 0) is 11.2 Å². The molecule has 0 spiro atoms. The van der Waals surface area contributed by atoms with Crippen molar-refractivity contribution in [3.63, 3.8) is 0 Å². The van der Waals surface area contributed by atoms with E-state index in [1.165, 1.54) is 31.2 Å². The maximum Gasteiger partial charge on any atom is 0.412 e. The van der Waals surface area contributed by atoms with E-state index in [1.54, 1.807) is 0 Å². The van der Waals surface area contributed by atoms with Crippen LogP contribution in [0.4, 0.5) is 10.5 Å². The molecule has 1 saturated carbocycles. The summed E-state index contributed by atoms with van der Waals surface area (Å²) in [6.45, 7) is 7.27.